The van der Waals surface area contributed by atoms with Gasteiger partial charge in [-0.1, -0.05) is 0 Å². The molecular formula is C7H11N3O. The van der Waals surface area contributed by atoms with Crippen molar-refractivity contribution in [2.75, 3.05) is 19.8 Å². The third-order valence-electron chi connectivity index (χ3n) is 1.84. The summed E-state index contributed by atoms with van der Waals surface area (Å²) in [6, 6.07) is 0.322. The lowest BCUT2D eigenvalue weighted by atomic mass is 10.1. The van der Waals surface area contributed by atoms with Crippen molar-refractivity contribution in [3.63, 3.8) is 0 Å². The first-order chi connectivity index (χ1) is 5.47. The SMILES string of the molecule is c1n[nH]cc1C1COCCN1. The van der Waals surface area contributed by atoms with Crippen LogP contribution < -0.4 is 5.32 Å². The van der Waals surface area contributed by atoms with E-state index in [4.69, 9.17) is 4.74 Å². The highest BCUT2D eigenvalue weighted by atomic mass is 16.5. The molecule has 0 bridgehead atoms. The van der Waals surface area contributed by atoms with Crippen molar-refractivity contribution in [3.05, 3.63) is 18.0 Å². The number of morpholine rings is 1. The minimum absolute atomic E-state index is 0.322. The van der Waals surface area contributed by atoms with Gasteiger partial charge in [0.25, 0.3) is 0 Å². The van der Waals surface area contributed by atoms with Crippen LogP contribution in [0.25, 0.3) is 0 Å². The molecular weight excluding hydrogens is 142 g/mol. The van der Waals surface area contributed by atoms with Crippen LogP contribution in [0.5, 0.6) is 0 Å². The lowest BCUT2D eigenvalue weighted by molar-refractivity contribution is 0.0769. The van der Waals surface area contributed by atoms with Crippen LogP contribution in [0.1, 0.15) is 11.6 Å². The van der Waals surface area contributed by atoms with Crippen LogP contribution >= 0.6 is 0 Å². The second-order valence-corrected chi connectivity index (χ2v) is 2.61. The predicted octanol–water partition coefficient (Wildman–Crippen LogP) is 0.0706. The molecule has 1 aromatic heterocycles. The largest absolute Gasteiger partial charge is 0.378 e. The molecule has 1 unspecified atom stereocenters. The summed E-state index contributed by atoms with van der Waals surface area (Å²) in [5, 5.41) is 9.99. The normalized spacial score (nSPS) is 25.3. The van der Waals surface area contributed by atoms with Crippen molar-refractivity contribution in [3.8, 4) is 0 Å². The van der Waals surface area contributed by atoms with E-state index in [1.54, 1.807) is 0 Å². The van der Waals surface area contributed by atoms with Gasteiger partial charge in [-0.15, -0.1) is 0 Å². The van der Waals surface area contributed by atoms with Crippen LogP contribution in [0, 0.1) is 0 Å². The first kappa shape index (κ1) is 6.82. The van der Waals surface area contributed by atoms with Gasteiger partial charge in [0, 0.05) is 18.3 Å². The summed E-state index contributed by atoms with van der Waals surface area (Å²) in [5.41, 5.74) is 1.17. The molecule has 2 heterocycles. The Morgan fingerprint density at radius 1 is 1.64 bits per heavy atom. The molecule has 1 aromatic rings. The summed E-state index contributed by atoms with van der Waals surface area (Å²) in [7, 11) is 0. The van der Waals surface area contributed by atoms with Crippen molar-refractivity contribution >= 4 is 0 Å². The van der Waals surface area contributed by atoms with E-state index in [-0.39, 0.29) is 0 Å². The fraction of sp³-hybridized carbons (Fsp3) is 0.571. The number of H-pyrrole nitrogens is 1. The molecule has 1 saturated heterocycles. The molecule has 0 radical (unpaired) electrons. The minimum Gasteiger partial charge on any atom is -0.378 e. The molecule has 60 valence electrons. The van der Waals surface area contributed by atoms with Gasteiger partial charge in [0.1, 0.15) is 0 Å². The van der Waals surface area contributed by atoms with Gasteiger partial charge < -0.3 is 10.1 Å². The van der Waals surface area contributed by atoms with Crippen LogP contribution in [-0.2, 0) is 4.74 Å². The summed E-state index contributed by atoms with van der Waals surface area (Å²) < 4.78 is 5.30. The highest BCUT2D eigenvalue weighted by Crippen LogP contribution is 2.12. The Bertz CT molecular complexity index is 203. The maximum absolute atomic E-state index is 5.30. The fourth-order valence-electron chi connectivity index (χ4n) is 1.23. The number of aromatic amines is 1. The summed E-state index contributed by atoms with van der Waals surface area (Å²) in [6.07, 6.45) is 3.72. The molecule has 1 fully saturated rings. The van der Waals surface area contributed by atoms with Gasteiger partial charge in [-0.05, 0) is 0 Å². The number of hydrogen-bond donors (Lipinski definition) is 2. The number of ether oxygens (including phenoxy) is 1. The van der Waals surface area contributed by atoms with Crippen LogP contribution in [0.15, 0.2) is 12.4 Å². The van der Waals surface area contributed by atoms with Gasteiger partial charge in [-0.3, -0.25) is 5.10 Å². The van der Waals surface area contributed by atoms with Crippen LogP contribution in [0.4, 0.5) is 0 Å². The standard InChI is InChI=1S/C7H11N3O/c1-2-11-5-7(8-1)6-3-9-10-4-6/h3-4,7-8H,1-2,5H2,(H,9,10). The lowest BCUT2D eigenvalue weighted by Gasteiger charge is -2.22. The monoisotopic (exact) mass is 153 g/mol. The molecule has 4 nitrogen and oxygen atoms in total. The summed E-state index contributed by atoms with van der Waals surface area (Å²) in [6.45, 7) is 2.49. The van der Waals surface area contributed by atoms with Crippen molar-refractivity contribution in [2.24, 2.45) is 0 Å². The first-order valence-electron chi connectivity index (χ1n) is 3.76. The molecule has 1 aliphatic rings. The summed E-state index contributed by atoms with van der Waals surface area (Å²) >= 11 is 0. The highest BCUT2D eigenvalue weighted by Gasteiger charge is 2.15. The first-order valence-corrected chi connectivity index (χ1v) is 3.76. The molecule has 4 heteroatoms. The van der Waals surface area contributed by atoms with Gasteiger partial charge in [0.05, 0.1) is 25.5 Å². The zero-order chi connectivity index (χ0) is 7.52. The average Bonchev–Trinajstić information content (AvgIpc) is 2.58. The highest BCUT2D eigenvalue weighted by molar-refractivity contribution is 5.09. The van der Waals surface area contributed by atoms with Crippen LogP contribution in [0.2, 0.25) is 0 Å². The Kier molecular flexibility index (Phi) is 1.87. The van der Waals surface area contributed by atoms with Gasteiger partial charge in [0.2, 0.25) is 0 Å². The average molecular weight is 153 g/mol. The fourth-order valence-corrected chi connectivity index (χ4v) is 1.23. The Morgan fingerprint density at radius 3 is 3.27 bits per heavy atom. The topological polar surface area (TPSA) is 49.9 Å². The van der Waals surface area contributed by atoms with Crippen LogP contribution in [-0.4, -0.2) is 30.0 Å². The molecule has 0 amide bonds. The van der Waals surface area contributed by atoms with Crippen molar-refractivity contribution in [1.82, 2.24) is 15.5 Å². The molecule has 1 aliphatic heterocycles. The van der Waals surface area contributed by atoms with Gasteiger partial charge in [0.15, 0.2) is 0 Å². The molecule has 2 rings (SSSR count). The predicted molar refractivity (Wildman–Crippen MR) is 40.2 cm³/mol. The summed E-state index contributed by atoms with van der Waals surface area (Å²) in [5.74, 6) is 0. The smallest absolute Gasteiger partial charge is 0.0663 e. The summed E-state index contributed by atoms with van der Waals surface area (Å²) in [4.78, 5) is 0. The van der Waals surface area contributed by atoms with Crippen molar-refractivity contribution < 1.29 is 4.74 Å². The molecule has 0 saturated carbocycles. The Balaban J connectivity index is 2.04. The van der Waals surface area contributed by atoms with E-state index in [2.05, 4.69) is 15.5 Å². The lowest BCUT2D eigenvalue weighted by Crippen LogP contribution is -2.34. The van der Waals surface area contributed by atoms with Crippen molar-refractivity contribution in [1.29, 1.82) is 0 Å². The second kappa shape index (κ2) is 3.02. The molecule has 0 spiro atoms. The number of hydrogen-bond acceptors (Lipinski definition) is 3. The van der Waals surface area contributed by atoms with E-state index in [1.165, 1.54) is 5.56 Å². The molecule has 2 N–H and O–H groups in total. The number of rotatable bonds is 1. The van der Waals surface area contributed by atoms with E-state index >= 15 is 0 Å². The van der Waals surface area contributed by atoms with E-state index in [1.807, 2.05) is 12.4 Å². The molecule has 11 heavy (non-hydrogen) atoms. The Morgan fingerprint density at radius 2 is 2.64 bits per heavy atom. The molecule has 1 atom stereocenters. The van der Waals surface area contributed by atoms with Gasteiger partial charge in [-0.25, -0.2) is 0 Å². The van der Waals surface area contributed by atoms with Crippen LogP contribution in [0.3, 0.4) is 0 Å². The maximum Gasteiger partial charge on any atom is 0.0663 e. The molecule has 0 aliphatic carbocycles. The zero-order valence-electron chi connectivity index (χ0n) is 6.21. The van der Waals surface area contributed by atoms with Crippen molar-refractivity contribution in [2.45, 2.75) is 6.04 Å². The van der Waals surface area contributed by atoms with E-state index in [9.17, 15) is 0 Å². The third kappa shape index (κ3) is 1.41. The van der Waals surface area contributed by atoms with E-state index < -0.39 is 0 Å². The van der Waals surface area contributed by atoms with Gasteiger partial charge >= 0.3 is 0 Å². The molecule has 0 aromatic carbocycles. The van der Waals surface area contributed by atoms with Gasteiger partial charge in [-0.2, -0.15) is 5.10 Å². The van der Waals surface area contributed by atoms with E-state index in [0.29, 0.717) is 6.04 Å². The number of nitrogens with one attached hydrogen (secondary N) is 2. The number of aromatic nitrogens is 2. The quantitative estimate of drug-likeness (QED) is 0.600. The Labute approximate surface area is 64.9 Å². The zero-order valence-corrected chi connectivity index (χ0v) is 6.21. The minimum atomic E-state index is 0.322. The maximum atomic E-state index is 5.30. The third-order valence-corrected chi connectivity index (χ3v) is 1.84. The Hall–Kier alpha value is -0.870. The van der Waals surface area contributed by atoms with E-state index in [0.717, 1.165) is 19.8 Å². The second-order valence-electron chi connectivity index (χ2n) is 2.61. The number of nitrogens with zero attached hydrogens (tertiary/aromatic N) is 1.